The number of allylic oxidation sites excluding steroid dienone is 1. The highest BCUT2D eigenvalue weighted by atomic mass is 16.5. The number of carbonyl (C=O) groups excluding carboxylic acids is 1. The summed E-state index contributed by atoms with van der Waals surface area (Å²) in [7, 11) is 0. The molecule has 0 unspecified atom stereocenters. The number of esters is 1. The van der Waals surface area contributed by atoms with Gasteiger partial charge in [-0.1, -0.05) is 42.5 Å². The summed E-state index contributed by atoms with van der Waals surface area (Å²) in [6.45, 7) is 6.07. The maximum atomic E-state index is 11.5. The standard InChI is InChI=1S/C15H21NO2/c1-3-5-11-16(13-15(17)18-4-2)12-14-9-7-6-8-10-14/h3,5-10H,4,11-13H2,1-2H3/b5-3+. The van der Waals surface area contributed by atoms with Crippen LogP contribution in [0.3, 0.4) is 0 Å². The molecule has 0 amide bonds. The first-order valence-electron chi connectivity index (χ1n) is 6.29. The number of hydrogen-bond donors (Lipinski definition) is 0. The average Bonchev–Trinajstić information content (AvgIpc) is 2.37. The van der Waals surface area contributed by atoms with Gasteiger partial charge in [0.15, 0.2) is 0 Å². The van der Waals surface area contributed by atoms with Crippen molar-refractivity contribution in [1.29, 1.82) is 0 Å². The molecule has 1 rings (SSSR count). The van der Waals surface area contributed by atoms with Crippen LogP contribution >= 0.6 is 0 Å². The molecule has 0 fully saturated rings. The van der Waals surface area contributed by atoms with E-state index in [9.17, 15) is 4.79 Å². The third-order valence-corrected chi connectivity index (χ3v) is 2.51. The fourth-order valence-corrected chi connectivity index (χ4v) is 1.67. The molecule has 0 radical (unpaired) electrons. The van der Waals surface area contributed by atoms with Gasteiger partial charge in [-0.05, 0) is 19.4 Å². The molecular formula is C15H21NO2. The van der Waals surface area contributed by atoms with Gasteiger partial charge in [-0.3, -0.25) is 9.69 Å². The van der Waals surface area contributed by atoms with Crippen LogP contribution in [0.15, 0.2) is 42.5 Å². The third kappa shape index (κ3) is 5.64. The van der Waals surface area contributed by atoms with Crippen LogP contribution in [0, 0.1) is 0 Å². The van der Waals surface area contributed by atoms with Gasteiger partial charge in [0.25, 0.3) is 0 Å². The van der Waals surface area contributed by atoms with Crippen molar-refractivity contribution in [1.82, 2.24) is 4.90 Å². The van der Waals surface area contributed by atoms with Crippen LogP contribution in [0.2, 0.25) is 0 Å². The van der Waals surface area contributed by atoms with Crippen molar-refractivity contribution in [2.45, 2.75) is 20.4 Å². The fourth-order valence-electron chi connectivity index (χ4n) is 1.67. The second-order valence-corrected chi connectivity index (χ2v) is 4.03. The summed E-state index contributed by atoms with van der Waals surface area (Å²) >= 11 is 0. The Hall–Kier alpha value is -1.61. The van der Waals surface area contributed by atoms with Crippen LogP contribution < -0.4 is 0 Å². The minimum atomic E-state index is -0.169. The minimum Gasteiger partial charge on any atom is -0.465 e. The number of hydrogen-bond acceptors (Lipinski definition) is 3. The highest BCUT2D eigenvalue weighted by molar-refractivity contribution is 5.71. The number of rotatable bonds is 7. The first-order valence-corrected chi connectivity index (χ1v) is 6.29. The molecule has 98 valence electrons. The molecule has 0 heterocycles. The highest BCUT2D eigenvalue weighted by Crippen LogP contribution is 2.04. The zero-order valence-electron chi connectivity index (χ0n) is 11.1. The molecule has 0 saturated carbocycles. The number of nitrogens with zero attached hydrogens (tertiary/aromatic N) is 1. The minimum absolute atomic E-state index is 0.169. The van der Waals surface area contributed by atoms with E-state index in [-0.39, 0.29) is 5.97 Å². The van der Waals surface area contributed by atoms with Crippen molar-refractivity contribution in [3.8, 4) is 0 Å². The molecule has 0 aliphatic heterocycles. The molecule has 3 heteroatoms. The lowest BCUT2D eigenvalue weighted by Crippen LogP contribution is -2.30. The van der Waals surface area contributed by atoms with Crippen molar-refractivity contribution in [2.24, 2.45) is 0 Å². The van der Waals surface area contributed by atoms with Gasteiger partial charge < -0.3 is 4.74 Å². The molecule has 3 nitrogen and oxygen atoms in total. The molecule has 1 aromatic rings. The zero-order chi connectivity index (χ0) is 13.2. The monoisotopic (exact) mass is 247 g/mol. The van der Waals surface area contributed by atoms with Crippen LogP contribution in [0.5, 0.6) is 0 Å². The number of ether oxygens (including phenoxy) is 1. The lowest BCUT2D eigenvalue weighted by Gasteiger charge is -2.19. The Morgan fingerprint density at radius 2 is 2.06 bits per heavy atom. The highest BCUT2D eigenvalue weighted by Gasteiger charge is 2.10. The fraction of sp³-hybridized carbons (Fsp3) is 0.400. The molecule has 0 aromatic heterocycles. The molecule has 0 atom stereocenters. The smallest absolute Gasteiger partial charge is 0.320 e. The van der Waals surface area contributed by atoms with E-state index in [4.69, 9.17) is 4.74 Å². The van der Waals surface area contributed by atoms with Crippen molar-refractivity contribution >= 4 is 5.97 Å². The second-order valence-electron chi connectivity index (χ2n) is 4.03. The quantitative estimate of drug-likeness (QED) is 0.548. The molecule has 18 heavy (non-hydrogen) atoms. The molecular weight excluding hydrogens is 226 g/mol. The van der Waals surface area contributed by atoms with Crippen molar-refractivity contribution < 1.29 is 9.53 Å². The van der Waals surface area contributed by atoms with E-state index < -0.39 is 0 Å². The van der Waals surface area contributed by atoms with E-state index in [1.165, 1.54) is 5.56 Å². The summed E-state index contributed by atoms with van der Waals surface area (Å²) in [6, 6.07) is 10.1. The van der Waals surface area contributed by atoms with Crippen LogP contribution in [0.1, 0.15) is 19.4 Å². The lowest BCUT2D eigenvalue weighted by atomic mass is 10.2. The summed E-state index contributed by atoms with van der Waals surface area (Å²) in [5.74, 6) is -0.169. The van der Waals surface area contributed by atoms with Crippen LogP contribution in [-0.4, -0.2) is 30.6 Å². The molecule has 0 aliphatic carbocycles. The predicted octanol–water partition coefficient (Wildman–Crippen LogP) is 2.63. The Bertz CT molecular complexity index is 373. The zero-order valence-corrected chi connectivity index (χ0v) is 11.1. The largest absolute Gasteiger partial charge is 0.465 e. The summed E-state index contributed by atoms with van der Waals surface area (Å²) in [4.78, 5) is 13.6. The van der Waals surface area contributed by atoms with Gasteiger partial charge in [-0.25, -0.2) is 0 Å². The topological polar surface area (TPSA) is 29.5 Å². The molecule has 0 saturated heterocycles. The summed E-state index contributed by atoms with van der Waals surface area (Å²) in [5, 5.41) is 0. The van der Waals surface area contributed by atoms with Gasteiger partial charge in [-0.15, -0.1) is 0 Å². The van der Waals surface area contributed by atoms with Gasteiger partial charge in [0, 0.05) is 13.1 Å². The van der Waals surface area contributed by atoms with E-state index in [0.29, 0.717) is 13.2 Å². The van der Waals surface area contributed by atoms with Gasteiger partial charge >= 0.3 is 5.97 Å². The molecule has 0 aliphatic rings. The van der Waals surface area contributed by atoms with E-state index in [0.717, 1.165) is 13.1 Å². The third-order valence-electron chi connectivity index (χ3n) is 2.51. The van der Waals surface area contributed by atoms with Crippen molar-refractivity contribution in [3.05, 3.63) is 48.0 Å². The number of carbonyl (C=O) groups is 1. The Morgan fingerprint density at radius 1 is 1.33 bits per heavy atom. The molecule has 1 aromatic carbocycles. The normalized spacial score (nSPS) is 11.1. The second kappa shape index (κ2) is 8.48. The Kier molecular flexibility index (Phi) is 6.81. The van der Waals surface area contributed by atoms with E-state index in [2.05, 4.69) is 17.0 Å². The van der Waals surface area contributed by atoms with Gasteiger partial charge in [0.05, 0.1) is 13.2 Å². The van der Waals surface area contributed by atoms with Crippen molar-refractivity contribution in [2.75, 3.05) is 19.7 Å². The number of benzene rings is 1. The SMILES string of the molecule is C/C=C/CN(CC(=O)OCC)Cc1ccccc1. The first kappa shape index (κ1) is 14.5. The van der Waals surface area contributed by atoms with Crippen molar-refractivity contribution in [3.63, 3.8) is 0 Å². The van der Waals surface area contributed by atoms with Crippen LogP contribution in [-0.2, 0) is 16.1 Å². The maximum absolute atomic E-state index is 11.5. The summed E-state index contributed by atoms with van der Waals surface area (Å²) in [5.41, 5.74) is 1.20. The molecule has 0 spiro atoms. The van der Waals surface area contributed by atoms with Gasteiger partial charge in [0.1, 0.15) is 0 Å². The van der Waals surface area contributed by atoms with E-state index in [1.54, 1.807) is 0 Å². The molecule has 0 bridgehead atoms. The molecule has 0 N–H and O–H groups in total. The van der Waals surface area contributed by atoms with Crippen LogP contribution in [0.25, 0.3) is 0 Å². The Balaban J connectivity index is 2.57. The predicted molar refractivity (Wildman–Crippen MR) is 73.2 cm³/mol. The lowest BCUT2D eigenvalue weighted by molar-refractivity contribution is -0.144. The first-order chi connectivity index (χ1) is 8.76. The summed E-state index contributed by atoms with van der Waals surface area (Å²) in [6.07, 6.45) is 4.03. The maximum Gasteiger partial charge on any atom is 0.320 e. The van der Waals surface area contributed by atoms with Gasteiger partial charge in [-0.2, -0.15) is 0 Å². The van der Waals surface area contributed by atoms with E-state index >= 15 is 0 Å². The summed E-state index contributed by atoms with van der Waals surface area (Å²) < 4.78 is 4.99. The average molecular weight is 247 g/mol. The van der Waals surface area contributed by atoms with Crippen LogP contribution in [0.4, 0.5) is 0 Å². The Morgan fingerprint density at radius 3 is 2.67 bits per heavy atom. The Labute approximate surface area is 109 Å². The van der Waals surface area contributed by atoms with E-state index in [1.807, 2.05) is 44.2 Å². The van der Waals surface area contributed by atoms with Gasteiger partial charge in [0.2, 0.25) is 0 Å².